The number of carbonyl (C=O) groups excluding carboxylic acids is 1. The van der Waals surface area contributed by atoms with E-state index in [2.05, 4.69) is 34.5 Å². The van der Waals surface area contributed by atoms with E-state index >= 15 is 0 Å². The second-order valence-electron chi connectivity index (χ2n) is 6.47. The summed E-state index contributed by atoms with van der Waals surface area (Å²) in [6, 6.07) is 12.0. The highest BCUT2D eigenvalue weighted by Crippen LogP contribution is 2.23. The van der Waals surface area contributed by atoms with Gasteiger partial charge in [-0.3, -0.25) is 4.79 Å². The number of anilines is 1. The summed E-state index contributed by atoms with van der Waals surface area (Å²) in [5.74, 6) is 0.394. The molecule has 0 spiro atoms. The lowest BCUT2D eigenvalue weighted by Crippen LogP contribution is -2.34. The number of piperidine rings is 1. The minimum atomic E-state index is -0.0577. The van der Waals surface area contributed by atoms with E-state index in [0.717, 1.165) is 31.5 Å². The van der Waals surface area contributed by atoms with Crippen molar-refractivity contribution in [3.63, 3.8) is 0 Å². The van der Waals surface area contributed by atoms with Crippen LogP contribution in [0.3, 0.4) is 0 Å². The summed E-state index contributed by atoms with van der Waals surface area (Å²) in [5.41, 5.74) is 2.97. The molecule has 128 valence electrons. The minimum Gasteiger partial charge on any atom is -0.396 e. The Balaban J connectivity index is 1.53. The molecule has 0 unspecified atom stereocenters. The average molecular weight is 327 g/mol. The Morgan fingerprint density at radius 2 is 1.92 bits per heavy atom. The third-order valence-corrected chi connectivity index (χ3v) is 4.80. The summed E-state index contributed by atoms with van der Waals surface area (Å²) in [6.07, 6.45) is 3.96. The third-order valence-electron chi connectivity index (χ3n) is 4.80. The number of nitrogens with zero attached hydrogens (tertiary/aromatic N) is 2. The number of aryl methyl sites for hydroxylation is 1. The number of carbonyl (C=O) groups is 1. The maximum atomic E-state index is 12.1. The first-order valence-corrected chi connectivity index (χ1v) is 8.51. The molecule has 2 aromatic rings. The molecule has 2 N–H and O–H groups in total. The van der Waals surface area contributed by atoms with Crippen LogP contribution >= 0.6 is 0 Å². The van der Waals surface area contributed by atoms with E-state index < -0.39 is 0 Å². The quantitative estimate of drug-likeness (QED) is 0.885. The summed E-state index contributed by atoms with van der Waals surface area (Å²) >= 11 is 0. The van der Waals surface area contributed by atoms with Crippen molar-refractivity contribution in [3.05, 3.63) is 53.9 Å². The minimum absolute atomic E-state index is 0.0577. The van der Waals surface area contributed by atoms with Crippen molar-refractivity contribution in [2.75, 3.05) is 24.6 Å². The van der Waals surface area contributed by atoms with Crippen LogP contribution in [0, 0.1) is 5.92 Å². The number of nitrogens with one attached hydrogen (secondary N) is 1. The highest BCUT2D eigenvalue weighted by Gasteiger charge is 2.18. The fourth-order valence-electron chi connectivity index (χ4n) is 3.17. The molecular formula is C19H25N3O2. The predicted octanol–water partition coefficient (Wildman–Crippen LogP) is 2.16. The summed E-state index contributed by atoms with van der Waals surface area (Å²) < 4.78 is 1.81. The molecule has 1 saturated heterocycles. The predicted molar refractivity (Wildman–Crippen MR) is 95.0 cm³/mol. The van der Waals surface area contributed by atoms with Gasteiger partial charge in [-0.2, -0.15) is 0 Å². The Labute approximate surface area is 142 Å². The SMILES string of the molecule is Cn1cccc1C(=O)NCc1ccc(N2CCC(CO)CC2)cc1. The van der Waals surface area contributed by atoms with Crippen molar-refractivity contribution < 1.29 is 9.90 Å². The average Bonchev–Trinajstić information content (AvgIpc) is 3.06. The van der Waals surface area contributed by atoms with Crippen LogP contribution in [0.5, 0.6) is 0 Å². The van der Waals surface area contributed by atoms with E-state index in [0.29, 0.717) is 24.8 Å². The Morgan fingerprint density at radius 3 is 2.50 bits per heavy atom. The summed E-state index contributed by atoms with van der Waals surface area (Å²) in [6.45, 7) is 2.81. The van der Waals surface area contributed by atoms with Gasteiger partial charge in [-0.25, -0.2) is 0 Å². The molecule has 1 aromatic heterocycles. The molecule has 2 heterocycles. The van der Waals surface area contributed by atoms with Gasteiger partial charge in [-0.1, -0.05) is 12.1 Å². The number of aliphatic hydroxyl groups is 1. The van der Waals surface area contributed by atoms with Crippen molar-refractivity contribution >= 4 is 11.6 Å². The highest BCUT2D eigenvalue weighted by atomic mass is 16.3. The molecule has 0 saturated carbocycles. The maximum Gasteiger partial charge on any atom is 0.268 e. The normalized spacial score (nSPS) is 15.5. The van der Waals surface area contributed by atoms with Gasteiger partial charge in [0.25, 0.3) is 5.91 Å². The molecule has 0 aliphatic carbocycles. The number of hydrogen-bond acceptors (Lipinski definition) is 3. The van der Waals surface area contributed by atoms with E-state index in [1.807, 2.05) is 29.9 Å². The van der Waals surface area contributed by atoms with Crippen LogP contribution in [0.15, 0.2) is 42.6 Å². The molecule has 1 fully saturated rings. The van der Waals surface area contributed by atoms with E-state index in [9.17, 15) is 9.90 Å². The molecule has 0 radical (unpaired) electrons. The maximum absolute atomic E-state index is 12.1. The Kier molecular flexibility index (Phi) is 5.20. The second kappa shape index (κ2) is 7.53. The largest absolute Gasteiger partial charge is 0.396 e. The highest BCUT2D eigenvalue weighted by molar-refractivity contribution is 5.92. The van der Waals surface area contributed by atoms with Crippen LogP contribution in [0.1, 0.15) is 28.9 Å². The topological polar surface area (TPSA) is 57.5 Å². The zero-order chi connectivity index (χ0) is 16.9. The monoisotopic (exact) mass is 327 g/mol. The standard InChI is InChI=1S/C19H25N3O2/c1-21-10-2-3-18(21)19(24)20-13-15-4-6-17(7-5-15)22-11-8-16(14-23)9-12-22/h2-7,10,16,23H,8-9,11-14H2,1H3,(H,20,24). The summed E-state index contributed by atoms with van der Waals surface area (Å²) in [5, 5.41) is 12.2. The zero-order valence-electron chi connectivity index (χ0n) is 14.1. The first-order valence-electron chi connectivity index (χ1n) is 8.51. The van der Waals surface area contributed by atoms with Crippen molar-refractivity contribution in [3.8, 4) is 0 Å². The van der Waals surface area contributed by atoms with Gasteiger partial charge in [0.2, 0.25) is 0 Å². The Bertz CT molecular complexity index is 670. The fraction of sp³-hybridized carbons (Fsp3) is 0.421. The Hall–Kier alpha value is -2.27. The summed E-state index contributed by atoms with van der Waals surface area (Å²) in [4.78, 5) is 14.5. The molecule has 5 heteroatoms. The van der Waals surface area contributed by atoms with Crippen molar-refractivity contribution in [2.45, 2.75) is 19.4 Å². The molecule has 1 aliphatic rings. The zero-order valence-corrected chi connectivity index (χ0v) is 14.1. The van der Waals surface area contributed by atoms with E-state index in [1.54, 1.807) is 0 Å². The van der Waals surface area contributed by atoms with Gasteiger partial charge in [-0.15, -0.1) is 0 Å². The van der Waals surface area contributed by atoms with Gasteiger partial charge >= 0.3 is 0 Å². The lowest BCUT2D eigenvalue weighted by Gasteiger charge is -2.33. The number of amides is 1. The van der Waals surface area contributed by atoms with E-state index in [-0.39, 0.29) is 5.91 Å². The fourth-order valence-corrected chi connectivity index (χ4v) is 3.17. The van der Waals surface area contributed by atoms with Crippen molar-refractivity contribution in [1.29, 1.82) is 0 Å². The number of rotatable bonds is 5. The second-order valence-corrected chi connectivity index (χ2v) is 6.47. The first-order chi connectivity index (χ1) is 11.7. The molecular weight excluding hydrogens is 302 g/mol. The van der Waals surface area contributed by atoms with E-state index in [4.69, 9.17) is 0 Å². The summed E-state index contributed by atoms with van der Waals surface area (Å²) in [7, 11) is 1.86. The molecule has 0 atom stereocenters. The molecule has 1 amide bonds. The van der Waals surface area contributed by atoms with Crippen molar-refractivity contribution in [2.24, 2.45) is 13.0 Å². The molecule has 1 aliphatic heterocycles. The van der Waals surface area contributed by atoms with Gasteiger partial charge in [0.15, 0.2) is 0 Å². The molecule has 24 heavy (non-hydrogen) atoms. The lowest BCUT2D eigenvalue weighted by molar-refractivity contribution is 0.0943. The Morgan fingerprint density at radius 1 is 1.21 bits per heavy atom. The van der Waals surface area contributed by atoms with Crippen molar-refractivity contribution in [1.82, 2.24) is 9.88 Å². The molecule has 1 aromatic carbocycles. The van der Waals surface area contributed by atoms with Gasteiger partial charge in [0.05, 0.1) is 0 Å². The van der Waals surface area contributed by atoms with Gasteiger partial charge in [-0.05, 0) is 48.6 Å². The smallest absolute Gasteiger partial charge is 0.268 e. The number of aromatic nitrogens is 1. The number of benzene rings is 1. The molecule has 3 rings (SSSR count). The van der Waals surface area contributed by atoms with Crippen LogP contribution in [-0.4, -0.2) is 35.3 Å². The lowest BCUT2D eigenvalue weighted by atomic mass is 9.97. The number of hydrogen-bond donors (Lipinski definition) is 2. The van der Waals surface area contributed by atoms with Crippen LogP contribution in [-0.2, 0) is 13.6 Å². The van der Waals surface area contributed by atoms with Crippen LogP contribution in [0.4, 0.5) is 5.69 Å². The first kappa shape index (κ1) is 16.6. The number of aliphatic hydroxyl groups excluding tert-OH is 1. The van der Waals surface area contributed by atoms with Gasteiger partial charge in [0, 0.05) is 45.2 Å². The van der Waals surface area contributed by atoms with E-state index in [1.165, 1.54) is 5.69 Å². The van der Waals surface area contributed by atoms with Gasteiger partial charge < -0.3 is 19.9 Å². The third kappa shape index (κ3) is 3.79. The molecule has 0 bridgehead atoms. The molecule has 5 nitrogen and oxygen atoms in total. The van der Waals surface area contributed by atoms with Crippen LogP contribution in [0.2, 0.25) is 0 Å². The van der Waals surface area contributed by atoms with Gasteiger partial charge in [0.1, 0.15) is 5.69 Å². The van der Waals surface area contributed by atoms with Crippen LogP contribution < -0.4 is 10.2 Å². The van der Waals surface area contributed by atoms with Crippen LogP contribution in [0.25, 0.3) is 0 Å².